The van der Waals surface area contributed by atoms with Crippen molar-refractivity contribution in [1.29, 1.82) is 0 Å². The third-order valence-electron chi connectivity index (χ3n) is 2.34. The fraction of sp³-hybridized carbons (Fsp3) is 0.400. The summed E-state index contributed by atoms with van der Waals surface area (Å²) < 4.78 is 4.80. The number of ether oxygens (including phenoxy) is 1. The fourth-order valence-electron chi connectivity index (χ4n) is 1.44. The first kappa shape index (κ1) is 14.8. The lowest BCUT2D eigenvalue weighted by Crippen LogP contribution is -2.22. The second-order valence-corrected chi connectivity index (χ2v) is 3.66. The minimum Gasteiger partial charge on any atom is -0.481 e. The van der Waals surface area contributed by atoms with Gasteiger partial charge in [-0.3, -0.25) is 14.9 Å². The Morgan fingerprint density at radius 1 is 1.58 bits per heavy atom. The van der Waals surface area contributed by atoms with Crippen molar-refractivity contribution in [2.75, 3.05) is 7.11 Å². The van der Waals surface area contributed by atoms with E-state index >= 15 is 0 Å². The van der Waals surface area contributed by atoms with Gasteiger partial charge < -0.3 is 20.1 Å². The Balaban J connectivity index is 3.11. The summed E-state index contributed by atoms with van der Waals surface area (Å²) in [7, 11) is 1.23. The Hall–Kier alpha value is -2.26. The van der Waals surface area contributed by atoms with Gasteiger partial charge in [0.2, 0.25) is 5.88 Å². The lowest BCUT2D eigenvalue weighted by atomic mass is 10.0. The van der Waals surface area contributed by atoms with E-state index in [1.54, 1.807) is 0 Å². The molecule has 0 aliphatic carbocycles. The molecule has 0 saturated carbocycles. The number of hydrogen-bond acceptors (Lipinski definition) is 7. The first-order chi connectivity index (χ1) is 8.86. The Morgan fingerprint density at radius 3 is 2.68 bits per heavy atom. The number of carboxylic acids is 1. The maximum Gasteiger partial charge on any atom is 0.306 e. The van der Waals surface area contributed by atoms with Gasteiger partial charge in [-0.1, -0.05) is 0 Å². The Kier molecular flexibility index (Phi) is 4.73. The molecule has 3 N–H and O–H groups in total. The highest BCUT2D eigenvalue weighted by atomic mass is 16.6. The Labute approximate surface area is 107 Å². The molecule has 0 bridgehead atoms. The van der Waals surface area contributed by atoms with E-state index in [4.69, 9.17) is 9.84 Å². The average molecular weight is 272 g/mol. The molecule has 1 heterocycles. The van der Waals surface area contributed by atoms with Crippen LogP contribution in [0, 0.1) is 10.1 Å². The van der Waals surface area contributed by atoms with Gasteiger partial charge in [0.25, 0.3) is 5.69 Å². The van der Waals surface area contributed by atoms with E-state index in [0.717, 1.165) is 12.3 Å². The largest absolute Gasteiger partial charge is 0.481 e. The molecule has 104 valence electrons. The van der Waals surface area contributed by atoms with Crippen LogP contribution in [0.3, 0.4) is 0 Å². The normalized spacial score (nSPS) is 13.6. The number of nitrogens with zero attached hydrogens (tertiary/aromatic N) is 2. The van der Waals surface area contributed by atoms with Crippen molar-refractivity contribution >= 4 is 11.7 Å². The summed E-state index contributed by atoms with van der Waals surface area (Å²) in [5.41, 5.74) is -0.553. The summed E-state index contributed by atoms with van der Waals surface area (Å²) in [6.45, 7) is 0. The van der Waals surface area contributed by atoms with Crippen LogP contribution in [0.1, 0.15) is 18.1 Å². The SMILES string of the molecule is COc1ncc([N+](=O)[O-])cc1C(O)C(O)CC(=O)O. The number of pyridine rings is 1. The fourth-order valence-corrected chi connectivity index (χ4v) is 1.44. The molecule has 2 unspecified atom stereocenters. The molecule has 0 aromatic carbocycles. The van der Waals surface area contributed by atoms with Gasteiger partial charge in [-0.15, -0.1) is 0 Å². The van der Waals surface area contributed by atoms with Crippen molar-refractivity contribution in [1.82, 2.24) is 4.98 Å². The van der Waals surface area contributed by atoms with Crippen LogP contribution in [-0.4, -0.2) is 44.4 Å². The molecular formula is C10H12N2O7. The number of hydrogen-bond donors (Lipinski definition) is 3. The topological polar surface area (TPSA) is 143 Å². The number of nitro groups is 1. The predicted octanol–water partition coefficient (Wildman–Crippen LogP) is -0.133. The average Bonchev–Trinajstić information content (AvgIpc) is 2.36. The van der Waals surface area contributed by atoms with E-state index in [0.29, 0.717) is 0 Å². The summed E-state index contributed by atoms with van der Waals surface area (Å²) in [5, 5.41) is 38.4. The van der Waals surface area contributed by atoms with E-state index in [9.17, 15) is 25.1 Å². The number of rotatable bonds is 6. The van der Waals surface area contributed by atoms with Gasteiger partial charge in [0.05, 0.1) is 30.1 Å². The number of methoxy groups -OCH3 is 1. The second-order valence-electron chi connectivity index (χ2n) is 3.66. The molecule has 1 rings (SSSR count). The zero-order valence-corrected chi connectivity index (χ0v) is 9.89. The molecule has 19 heavy (non-hydrogen) atoms. The molecule has 9 heteroatoms. The third kappa shape index (κ3) is 3.60. The molecule has 1 aromatic rings. The zero-order chi connectivity index (χ0) is 14.6. The van der Waals surface area contributed by atoms with Gasteiger partial charge in [0.1, 0.15) is 12.3 Å². The Morgan fingerprint density at radius 2 is 2.21 bits per heavy atom. The summed E-state index contributed by atoms with van der Waals surface area (Å²) in [5.74, 6) is -1.44. The number of aliphatic carboxylic acids is 1. The van der Waals surface area contributed by atoms with Crippen LogP contribution in [0.4, 0.5) is 5.69 Å². The van der Waals surface area contributed by atoms with Crippen molar-refractivity contribution in [2.45, 2.75) is 18.6 Å². The molecule has 2 atom stereocenters. The van der Waals surface area contributed by atoms with Gasteiger partial charge in [-0.05, 0) is 0 Å². The molecule has 9 nitrogen and oxygen atoms in total. The molecule has 1 aromatic heterocycles. The standard InChI is InChI=1S/C10H12N2O7/c1-19-10-6(2-5(4-11-10)12(17)18)9(16)7(13)3-8(14)15/h2,4,7,9,13,16H,3H2,1H3,(H,14,15). The Bertz CT molecular complexity index is 491. The van der Waals surface area contributed by atoms with Gasteiger partial charge in [-0.2, -0.15) is 0 Å². The quantitative estimate of drug-likeness (QED) is 0.479. The highest BCUT2D eigenvalue weighted by Crippen LogP contribution is 2.29. The monoisotopic (exact) mass is 272 g/mol. The molecule has 0 spiro atoms. The highest BCUT2D eigenvalue weighted by molar-refractivity contribution is 5.67. The first-order valence-electron chi connectivity index (χ1n) is 5.13. The third-order valence-corrected chi connectivity index (χ3v) is 2.34. The van der Waals surface area contributed by atoms with E-state index in [2.05, 4.69) is 4.98 Å². The van der Waals surface area contributed by atoms with Crippen molar-refractivity contribution in [2.24, 2.45) is 0 Å². The first-order valence-corrected chi connectivity index (χ1v) is 5.13. The van der Waals surface area contributed by atoms with Crippen LogP contribution in [0.15, 0.2) is 12.3 Å². The molecule has 0 amide bonds. The summed E-state index contributed by atoms with van der Waals surface area (Å²) in [6.07, 6.45) is -3.07. The minimum atomic E-state index is -1.65. The molecule has 0 saturated heterocycles. The predicted molar refractivity (Wildman–Crippen MR) is 60.7 cm³/mol. The van der Waals surface area contributed by atoms with Gasteiger partial charge in [-0.25, -0.2) is 4.98 Å². The smallest absolute Gasteiger partial charge is 0.306 e. The lowest BCUT2D eigenvalue weighted by molar-refractivity contribution is -0.385. The molecule has 0 fully saturated rings. The zero-order valence-electron chi connectivity index (χ0n) is 9.89. The van der Waals surface area contributed by atoms with E-state index in [1.807, 2.05) is 0 Å². The highest BCUT2D eigenvalue weighted by Gasteiger charge is 2.26. The lowest BCUT2D eigenvalue weighted by Gasteiger charge is -2.17. The van der Waals surface area contributed by atoms with Crippen molar-refractivity contribution in [3.05, 3.63) is 27.9 Å². The van der Waals surface area contributed by atoms with E-state index in [1.165, 1.54) is 7.11 Å². The van der Waals surface area contributed by atoms with Crippen LogP contribution in [0.25, 0.3) is 0 Å². The number of carbonyl (C=O) groups is 1. The summed E-state index contributed by atoms with van der Waals surface area (Å²) in [6, 6.07) is 0.974. The maximum absolute atomic E-state index is 10.6. The molecule has 0 radical (unpaired) electrons. The van der Waals surface area contributed by atoms with Gasteiger partial charge in [0, 0.05) is 6.07 Å². The van der Waals surface area contributed by atoms with Crippen LogP contribution < -0.4 is 4.74 Å². The van der Waals surface area contributed by atoms with Gasteiger partial charge in [0.15, 0.2) is 0 Å². The molecular weight excluding hydrogens is 260 g/mol. The van der Waals surface area contributed by atoms with Crippen molar-refractivity contribution in [3.8, 4) is 5.88 Å². The van der Waals surface area contributed by atoms with Gasteiger partial charge >= 0.3 is 5.97 Å². The minimum absolute atomic E-state index is 0.123. The number of aliphatic hydroxyl groups is 2. The van der Waals surface area contributed by atoms with E-state index < -0.39 is 35.2 Å². The van der Waals surface area contributed by atoms with Crippen LogP contribution >= 0.6 is 0 Å². The van der Waals surface area contributed by atoms with Crippen molar-refractivity contribution < 1.29 is 29.8 Å². The second kappa shape index (κ2) is 6.07. The molecule has 0 aliphatic heterocycles. The summed E-state index contributed by atoms with van der Waals surface area (Å²) >= 11 is 0. The number of carboxylic acid groups (broad SMARTS) is 1. The maximum atomic E-state index is 10.6. The van der Waals surface area contributed by atoms with E-state index in [-0.39, 0.29) is 11.4 Å². The van der Waals surface area contributed by atoms with Crippen LogP contribution in [-0.2, 0) is 4.79 Å². The number of aliphatic hydroxyl groups excluding tert-OH is 2. The van der Waals surface area contributed by atoms with Crippen molar-refractivity contribution in [3.63, 3.8) is 0 Å². The van der Waals surface area contributed by atoms with Crippen LogP contribution in [0.2, 0.25) is 0 Å². The summed E-state index contributed by atoms with van der Waals surface area (Å²) in [4.78, 5) is 23.9. The molecule has 0 aliphatic rings. The van der Waals surface area contributed by atoms with Crippen LogP contribution in [0.5, 0.6) is 5.88 Å². The number of aromatic nitrogens is 1.